The highest BCUT2D eigenvalue weighted by molar-refractivity contribution is 14.1. The number of alkyl carbamates (subject to hydrolysis) is 1. The van der Waals surface area contributed by atoms with E-state index in [9.17, 15) is 4.79 Å². The minimum Gasteiger partial charge on any atom is -0.444 e. The van der Waals surface area contributed by atoms with Gasteiger partial charge in [0.1, 0.15) is 63.8 Å². The van der Waals surface area contributed by atoms with Crippen LogP contribution in [0.5, 0.6) is 0 Å². The molecule has 5 heterocycles. The van der Waals surface area contributed by atoms with Crippen molar-refractivity contribution < 1.29 is 9.53 Å². The van der Waals surface area contributed by atoms with Gasteiger partial charge in [-0.15, -0.1) is 0 Å². The van der Waals surface area contributed by atoms with Crippen LogP contribution in [-0.4, -0.2) is 125 Å². The molecule has 0 aliphatic rings. The van der Waals surface area contributed by atoms with Gasteiger partial charge in [-0.2, -0.15) is 45.7 Å². The third-order valence-electron chi connectivity index (χ3n) is 6.67. The first kappa shape index (κ1) is 59.5. The molecule has 0 aliphatic carbocycles. The summed E-state index contributed by atoms with van der Waals surface area (Å²) in [5.41, 5.74) is 53.1. The largest absolute Gasteiger partial charge is 0.444 e. The topological polar surface area (TPSA) is 571 Å². The van der Waals surface area contributed by atoms with Crippen LogP contribution in [0.3, 0.4) is 0 Å². The van der Waals surface area contributed by atoms with Gasteiger partial charge in [-0.3, -0.25) is 5.41 Å². The number of fused-ring (bicyclic) bond motifs is 1. The van der Waals surface area contributed by atoms with Gasteiger partial charge in [0, 0.05) is 58.6 Å². The van der Waals surface area contributed by atoms with Gasteiger partial charge in [0.15, 0.2) is 11.6 Å². The van der Waals surface area contributed by atoms with Crippen LogP contribution in [0, 0.1) is 39.4 Å². The van der Waals surface area contributed by atoms with Crippen LogP contribution >= 0.6 is 22.6 Å². The van der Waals surface area contributed by atoms with Gasteiger partial charge in [0.2, 0.25) is 29.7 Å². The first-order valence-corrected chi connectivity index (χ1v) is 21.6. The second kappa shape index (κ2) is 33.0. The van der Waals surface area contributed by atoms with Crippen molar-refractivity contribution in [3.05, 3.63) is 41.5 Å². The van der Waals surface area contributed by atoms with Gasteiger partial charge in [-0.1, -0.05) is 22.6 Å². The van der Waals surface area contributed by atoms with Crippen LogP contribution in [0.25, 0.3) is 11.0 Å². The summed E-state index contributed by atoms with van der Waals surface area (Å²) >= 11 is 2.15. The second-order valence-electron chi connectivity index (χ2n) is 13.2. The minimum atomic E-state index is -0.526. The number of hydrogen-bond donors (Lipinski definition) is 16. The number of alkyl halides is 1. The molecule has 0 bridgehead atoms. The maximum absolute atomic E-state index is 11.4. The number of rotatable bonds is 13. The van der Waals surface area contributed by atoms with E-state index in [2.05, 4.69) is 110 Å². The summed E-state index contributed by atoms with van der Waals surface area (Å²) in [7, 11) is 0. The van der Waals surface area contributed by atoms with Crippen molar-refractivity contribution in [3.8, 4) is 18.2 Å². The summed E-state index contributed by atoms with van der Waals surface area (Å²) in [4.78, 5) is 52.6. The number of amides is 1. The third kappa shape index (κ3) is 25.1. The monoisotopic (exact) mass is 1060 g/mol. The van der Waals surface area contributed by atoms with Crippen molar-refractivity contribution in [1.82, 2.24) is 55.2 Å². The molecule has 0 radical (unpaired) electrons. The average molecular weight is 1060 g/mol. The van der Waals surface area contributed by atoms with Crippen molar-refractivity contribution >= 4 is 98.7 Å². The fourth-order valence-electron chi connectivity index (χ4n) is 3.94. The van der Waals surface area contributed by atoms with E-state index in [1.807, 2.05) is 23.1 Å². The molecule has 0 saturated carbocycles. The molecular weight excluding hydrogens is 998 g/mol. The first-order chi connectivity index (χ1) is 32.3. The second-order valence-corrected chi connectivity index (χ2v) is 13.2. The number of nitrogens with two attached hydrogens (primary N) is 10. The summed E-state index contributed by atoms with van der Waals surface area (Å²) in [5, 5.41) is 46.5. The number of nitrogen functional groups attached to an aromatic ring is 5. The average Bonchev–Trinajstić information content (AvgIpc) is 3.29. The fraction of sp³-hybridized carbons (Fsp3) is 0.361. The lowest BCUT2D eigenvalue weighted by molar-refractivity contribution is 0.0530. The number of nitrogens with one attached hydrogen (secondary N) is 6. The highest BCUT2D eigenvalue weighted by atomic mass is 127. The first-order valence-electron chi connectivity index (χ1n) is 19.4. The Hall–Kier alpha value is -8.52. The molecule has 26 N–H and O–H groups in total. The van der Waals surface area contributed by atoms with Crippen LogP contribution in [0.4, 0.5) is 57.8 Å². The normalized spacial score (nSPS) is 9.54. The molecule has 0 spiro atoms. The number of guanidine groups is 1. The Kier molecular flexibility index (Phi) is 28.9. The zero-order valence-corrected chi connectivity index (χ0v) is 39.9. The van der Waals surface area contributed by atoms with Crippen molar-refractivity contribution in [2.75, 3.05) is 107 Å². The summed E-state index contributed by atoms with van der Waals surface area (Å²) in [6.07, 6.45) is 5.16. The molecule has 0 fully saturated rings. The van der Waals surface area contributed by atoms with Gasteiger partial charge >= 0.3 is 6.09 Å². The van der Waals surface area contributed by atoms with E-state index < -0.39 is 11.7 Å². The Bertz CT molecular complexity index is 2380. The number of nitriles is 3. The molecule has 5 aromatic rings. The molecule has 5 rings (SSSR count). The molecule has 0 aliphatic heterocycles. The molecular formula is C36H58IN29O2. The summed E-state index contributed by atoms with van der Waals surface area (Å²) < 4.78 is 5.07. The molecule has 366 valence electrons. The van der Waals surface area contributed by atoms with Crippen molar-refractivity contribution in [2.24, 2.45) is 28.7 Å². The lowest BCUT2D eigenvalue weighted by atomic mass is 10.2. The molecule has 0 atom stereocenters. The molecule has 31 nitrogen and oxygen atoms in total. The van der Waals surface area contributed by atoms with E-state index >= 15 is 0 Å². The lowest BCUT2D eigenvalue weighted by Crippen LogP contribution is -2.35. The zero-order valence-electron chi connectivity index (χ0n) is 37.7. The van der Waals surface area contributed by atoms with Crippen LogP contribution in [0.1, 0.15) is 37.5 Å². The number of carbonyl (C=O) groups is 1. The number of ether oxygens (including phenoxy) is 1. The molecule has 5 aromatic heterocycles. The number of halogens is 1. The molecule has 0 aromatic carbocycles. The van der Waals surface area contributed by atoms with Gasteiger partial charge in [-0.05, 0) is 25.7 Å². The number of hydrogen-bond acceptors (Lipinski definition) is 28. The molecule has 68 heavy (non-hydrogen) atoms. The highest BCUT2D eigenvalue weighted by Crippen LogP contribution is 2.17. The van der Waals surface area contributed by atoms with Gasteiger partial charge in [0.25, 0.3) is 0 Å². The zero-order chi connectivity index (χ0) is 51.7. The Labute approximate surface area is 405 Å². The van der Waals surface area contributed by atoms with E-state index in [-0.39, 0.29) is 51.9 Å². The number of nitrogens with zero attached hydrogens (tertiary/aromatic N) is 13. The van der Waals surface area contributed by atoms with Crippen LogP contribution < -0.4 is 83.9 Å². The van der Waals surface area contributed by atoms with Gasteiger partial charge in [0.05, 0.1) is 24.0 Å². The highest BCUT2D eigenvalue weighted by Gasteiger charge is 2.15. The quantitative estimate of drug-likeness (QED) is 0.0206. The number of anilines is 9. The smallest absolute Gasteiger partial charge is 0.407 e. The van der Waals surface area contributed by atoms with Crippen LogP contribution in [0.15, 0.2) is 24.8 Å². The molecule has 1 amide bonds. The van der Waals surface area contributed by atoms with E-state index in [0.717, 1.165) is 0 Å². The summed E-state index contributed by atoms with van der Waals surface area (Å²) in [6.45, 7) is 9.33. The summed E-state index contributed by atoms with van der Waals surface area (Å²) in [5.74, 6) is 2.02. The number of carbonyl (C=O) groups excluding carboxylic acids is 1. The molecule has 0 saturated heterocycles. The Morgan fingerprint density at radius 1 is 0.603 bits per heavy atom. The molecule has 0 unspecified atom stereocenters. The van der Waals surface area contributed by atoms with E-state index in [4.69, 9.17) is 71.8 Å². The van der Waals surface area contributed by atoms with E-state index in [1.165, 1.54) is 18.6 Å². The Morgan fingerprint density at radius 3 is 1.29 bits per heavy atom. The third-order valence-corrected chi connectivity index (χ3v) is 6.67. The lowest BCUT2D eigenvalue weighted by Gasteiger charge is -2.19. The van der Waals surface area contributed by atoms with Crippen molar-refractivity contribution in [2.45, 2.75) is 26.4 Å². The van der Waals surface area contributed by atoms with Crippen LogP contribution in [-0.2, 0) is 4.74 Å². The maximum Gasteiger partial charge on any atom is 0.407 e. The molecule has 32 heteroatoms. The van der Waals surface area contributed by atoms with Crippen molar-refractivity contribution in [3.63, 3.8) is 0 Å². The minimum absolute atomic E-state index is 0.0912. The predicted molar refractivity (Wildman–Crippen MR) is 269 cm³/mol. The van der Waals surface area contributed by atoms with E-state index in [0.29, 0.717) is 87.2 Å². The van der Waals surface area contributed by atoms with Crippen LogP contribution in [0.2, 0.25) is 0 Å². The standard InChI is InChI=1S/C12H18N6O2.C8H12N8.2C7H10N6.CH3I.CH5N3/c1-12(2,3)20-11(19)16-5-4-15-10-17-7-8(6-13)9(14)18-10;9-1-2-12-8-13-3-4-5(10)14-7(11)15-6(4)16-8;2*8-1-2-11-7-12-4-5(3-9)6(10)13-7;1-2;2-1(3)4/h7H,4-5H2,1-3H3,(H,16,19)(H3,14,15,17,18);3H,1-2,9H2,(H5,10,11,12,13,14,15,16);2*4H,1-2,8H2,(H3,10,11,12,13);1H3;(H5,2,3,4). The van der Waals surface area contributed by atoms with Gasteiger partial charge in [-0.25, -0.2) is 24.7 Å². The predicted octanol–water partition coefficient (Wildman–Crippen LogP) is -1.69. The van der Waals surface area contributed by atoms with Gasteiger partial charge < -0.3 is 88.7 Å². The SMILES string of the molecule is CC(C)(C)OC(=O)NCCNc1ncc(C#N)c(N)n1.CI.N#Cc1cnc(NCCN)nc1N.N#Cc1cnc(NCCN)nc1N.N=C(N)N.NCCNc1ncc2c(N)nc(N)nc2n1. The van der Waals surface area contributed by atoms with E-state index in [1.54, 1.807) is 27.0 Å². The number of aromatic nitrogens is 10. The summed E-state index contributed by atoms with van der Waals surface area (Å²) in [6, 6.07) is 5.63. The fourth-order valence-corrected chi connectivity index (χ4v) is 3.94. The maximum atomic E-state index is 11.4. The Balaban J connectivity index is 0.000000856. The Morgan fingerprint density at radius 2 is 0.956 bits per heavy atom. The van der Waals surface area contributed by atoms with Crippen molar-refractivity contribution in [1.29, 1.82) is 21.2 Å².